The Balaban J connectivity index is 2.32. The van der Waals surface area contributed by atoms with Gasteiger partial charge in [0.1, 0.15) is 11.6 Å². The van der Waals surface area contributed by atoms with E-state index in [0.29, 0.717) is 28.0 Å². The molecule has 1 aromatic heterocycles. The molecule has 2 aromatic carbocycles. The average molecular weight is 344 g/mol. The van der Waals surface area contributed by atoms with E-state index in [1.807, 2.05) is 10.6 Å². The van der Waals surface area contributed by atoms with Crippen LogP contribution in [-0.2, 0) is 6.42 Å². The molecule has 0 atom stereocenters. The van der Waals surface area contributed by atoms with Gasteiger partial charge in [0.2, 0.25) is 0 Å². The van der Waals surface area contributed by atoms with E-state index in [1.54, 1.807) is 18.2 Å². The number of benzene rings is 2. The summed E-state index contributed by atoms with van der Waals surface area (Å²) in [5.41, 5.74) is 2.26. The summed E-state index contributed by atoms with van der Waals surface area (Å²) in [5.74, 6) is 0.802. The molecule has 0 radical (unpaired) electrons. The second-order valence-electron chi connectivity index (χ2n) is 4.53. The maximum atomic E-state index is 13.3. The van der Waals surface area contributed by atoms with Gasteiger partial charge in [-0.25, -0.2) is 9.37 Å². The fourth-order valence-electron chi connectivity index (χ4n) is 2.28. The van der Waals surface area contributed by atoms with Crippen LogP contribution in [0.25, 0.3) is 16.7 Å². The normalized spacial score (nSPS) is 11.2. The van der Waals surface area contributed by atoms with Gasteiger partial charge in [0.15, 0.2) is 0 Å². The van der Waals surface area contributed by atoms with Gasteiger partial charge in [-0.1, -0.05) is 23.2 Å². The van der Waals surface area contributed by atoms with Gasteiger partial charge in [-0.05, 0) is 36.4 Å². The number of hydrogen-bond donors (Lipinski definition) is 0. The van der Waals surface area contributed by atoms with Gasteiger partial charge in [-0.15, -0.1) is 11.6 Å². The summed E-state index contributed by atoms with van der Waals surface area (Å²) >= 11 is 18.1. The first kappa shape index (κ1) is 14.6. The minimum Gasteiger partial charge on any atom is -0.295 e. The predicted molar refractivity (Wildman–Crippen MR) is 85.5 cm³/mol. The SMILES string of the molecule is Fc1ccc(-n2c(CCCl)nc3ccc(Cl)cc32)c(Cl)c1. The molecule has 0 unspecified atom stereocenters. The van der Waals surface area contributed by atoms with Crippen LogP contribution in [0.4, 0.5) is 4.39 Å². The molecule has 108 valence electrons. The molecule has 1 heterocycles. The number of aromatic nitrogens is 2. The van der Waals surface area contributed by atoms with E-state index >= 15 is 0 Å². The second kappa shape index (κ2) is 5.84. The maximum Gasteiger partial charge on any atom is 0.124 e. The Hall–Kier alpha value is -1.29. The molecule has 0 amide bonds. The fraction of sp³-hybridized carbons (Fsp3) is 0.133. The van der Waals surface area contributed by atoms with Crippen molar-refractivity contribution in [3.63, 3.8) is 0 Å². The summed E-state index contributed by atoms with van der Waals surface area (Å²) in [6, 6.07) is 9.68. The lowest BCUT2D eigenvalue weighted by Crippen LogP contribution is -2.03. The Bertz CT molecular complexity index is 814. The highest BCUT2D eigenvalue weighted by Crippen LogP contribution is 2.29. The van der Waals surface area contributed by atoms with Crippen LogP contribution in [-0.4, -0.2) is 15.4 Å². The van der Waals surface area contributed by atoms with E-state index in [2.05, 4.69) is 4.98 Å². The number of imidazole rings is 1. The molecule has 6 heteroatoms. The van der Waals surface area contributed by atoms with Gasteiger partial charge in [-0.3, -0.25) is 4.57 Å². The number of nitrogens with zero attached hydrogens (tertiary/aromatic N) is 2. The number of aryl methyl sites for hydroxylation is 1. The quantitative estimate of drug-likeness (QED) is 0.594. The Morgan fingerprint density at radius 2 is 1.90 bits per heavy atom. The predicted octanol–water partition coefficient (Wildman–Crippen LogP) is 5.25. The van der Waals surface area contributed by atoms with Crippen LogP contribution in [0.15, 0.2) is 36.4 Å². The Labute approximate surface area is 136 Å². The largest absolute Gasteiger partial charge is 0.295 e. The minimum atomic E-state index is -0.384. The van der Waals surface area contributed by atoms with Gasteiger partial charge in [-0.2, -0.15) is 0 Å². The van der Waals surface area contributed by atoms with Crippen LogP contribution in [0.2, 0.25) is 10.0 Å². The Morgan fingerprint density at radius 1 is 1.10 bits per heavy atom. The Morgan fingerprint density at radius 3 is 2.62 bits per heavy atom. The third kappa shape index (κ3) is 2.73. The molecule has 0 bridgehead atoms. The summed E-state index contributed by atoms with van der Waals surface area (Å²) in [6.07, 6.45) is 0.571. The van der Waals surface area contributed by atoms with Crippen molar-refractivity contribution < 1.29 is 4.39 Å². The molecule has 0 saturated carbocycles. The first-order chi connectivity index (χ1) is 10.1. The third-order valence-corrected chi connectivity index (χ3v) is 3.88. The minimum absolute atomic E-state index is 0.310. The highest BCUT2D eigenvalue weighted by atomic mass is 35.5. The van der Waals surface area contributed by atoms with Crippen LogP contribution in [0, 0.1) is 5.82 Å². The molecule has 0 aliphatic carbocycles. The molecular formula is C15H10Cl3FN2. The van der Waals surface area contributed by atoms with E-state index in [0.717, 1.165) is 16.9 Å². The van der Waals surface area contributed by atoms with Crippen molar-refractivity contribution in [2.45, 2.75) is 6.42 Å². The van der Waals surface area contributed by atoms with Crippen LogP contribution in [0.5, 0.6) is 0 Å². The van der Waals surface area contributed by atoms with Crippen LogP contribution in [0.1, 0.15) is 5.82 Å². The van der Waals surface area contributed by atoms with E-state index in [-0.39, 0.29) is 5.82 Å². The van der Waals surface area contributed by atoms with Crippen molar-refractivity contribution >= 4 is 45.8 Å². The third-order valence-electron chi connectivity index (χ3n) is 3.15. The number of rotatable bonds is 3. The fourth-order valence-corrected chi connectivity index (χ4v) is 2.87. The zero-order chi connectivity index (χ0) is 15.0. The van der Waals surface area contributed by atoms with Crippen molar-refractivity contribution in [3.8, 4) is 5.69 Å². The maximum absolute atomic E-state index is 13.3. The molecule has 0 N–H and O–H groups in total. The van der Waals surface area contributed by atoms with Gasteiger partial charge in [0.05, 0.1) is 21.7 Å². The summed E-state index contributed by atoms with van der Waals surface area (Å²) in [7, 11) is 0. The number of alkyl halides is 1. The summed E-state index contributed by atoms with van der Waals surface area (Å²) in [6.45, 7) is 0. The second-order valence-corrected chi connectivity index (χ2v) is 5.75. The lowest BCUT2D eigenvalue weighted by molar-refractivity contribution is 0.627. The highest BCUT2D eigenvalue weighted by Gasteiger charge is 2.15. The topological polar surface area (TPSA) is 17.8 Å². The molecule has 0 spiro atoms. The summed E-state index contributed by atoms with van der Waals surface area (Å²) < 4.78 is 15.1. The van der Waals surface area contributed by atoms with Gasteiger partial charge in [0, 0.05) is 17.3 Å². The zero-order valence-electron chi connectivity index (χ0n) is 10.8. The van der Waals surface area contributed by atoms with Crippen LogP contribution < -0.4 is 0 Å². The lowest BCUT2D eigenvalue weighted by atomic mass is 10.2. The smallest absolute Gasteiger partial charge is 0.124 e. The average Bonchev–Trinajstić information content (AvgIpc) is 2.77. The molecule has 0 fully saturated rings. The number of halogens is 4. The van der Waals surface area contributed by atoms with E-state index in [9.17, 15) is 4.39 Å². The molecule has 0 aliphatic rings. The summed E-state index contributed by atoms with van der Waals surface area (Å²) in [4.78, 5) is 4.55. The van der Waals surface area contributed by atoms with E-state index < -0.39 is 0 Å². The first-order valence-electron chi connectivity index (χ1n) is 6.28. The van der Waals surface area contributed by atoms with E-state index in [1.165, 1.54) is 12.1 Å². The Kier molecular flexibility index (Phi) is 4.07. The zero-order valence-corrected chi connectivity index (χ0v) is 13.1. The van der Waals surface area contributed by atoms with Gasteiger partial charge in [0.25, 0.3) is 0 Å². The number of fused-ring (bicyclic) bond motifs is 1. The first-order valence-corrected chi connectivity index (χ1v) is 7.57. The molecule has 3 aromatic rings. The van der Waals surface area contributed by atoms with E-state index in [4.69, 9.17) is 34.8 Å². The molecule has 21 heavy (non-hydrogen) atoms. The molecule has 0 aliphatic heterocycles. The van der Waals surface area contributed by atoms with Crippen molar-refractivity contribution in [1.29, 1.82) is 0 Å². The van der Waals surface area contributed by atoms with Crippen LogP contribution in [0.3, 0.4) is 0 Å². The monoisotopic (exact) mass is 342 g/mol. The lowest BCUT2D eigenvalue weighted by Gasteiger charge is -2.10. The van der Waals surface area contributed by atoms with Gasteiger partial charge >= 0.3 is 0 Å². The van der Waals surface area contributed by atoms with Crippen molar-refractivity contribution in [3.05, 3.63) is 58.1 Å². The number of hydrogen-bond acceptors (Lipinski definition) is 1. The molecule has 2 nitrogen and oxygen atoms in total. The molecule has 3 rings (SSSR count). The molecular weight excluding hydrogens is 334 g/mol. The van der Waals surface area contributed by atoms with Crippen LogP contribution >= 0.6 is 34.8 Å². The molecule has 0 saturated heterocycles. The summed E-state index contributed by atoms with van der Waals surface area (Å²) in [5, 5.41) is 0.907. The highest BCUT2D eigenvalue weighted by molar-refractivity contribution is 6.32. The van der Waals surface area contributed by atoms with Gasteiger partial charge < -0.3 is 0 Å². The van der Waals surface area contributed by atoms with Crippen molar-refractivity contribution in [2.75, 3.05) is 5.88 Å². The standard InChI is InChI=1S/C15H10Cl3FN2/c16-6-5-15-20-12-3-1-9(17)7-14(12)21(15)13-4-2-10(19)8-11(13)18/h1-4,7-8H,5-6H2. The van der Waals surface area contributed by atoms with Crippen molar-refractivity contribution in [2.24, 2.45) is 0 Å². The van der Waals surface area contributed by atoms with Crippen molar-refractivity contribution in [1.82, 2.24) is 9.55 Å².